The zero-order valence-electron chi connectivity index (χ0n) is 22.4. The Labute approximate surface area is 243 Å². The molecule has 2 aromatic carbocycles. The number of ketones is 2. The van der Waals surface area contributed by atoms with Crippen molar-refractivity contribution < 1.29 is 48.3 Å². The smallest absolute Gasteiger partial charge is 0.303 e. The lowest BCUT2D eigenvalue weighted by molar-refractivity contribution is -0.137. The lowest BCUT2D eigenvalue weighted by Crippen LogP contribution is -2.06. The minimum Gasteiger partial charge on any atom is -0.493 e. The van der Waals surface area contributed by atoms with E-state index >= 15 is 0 Å². The topological polar surface area (TPSA) is 146 Å². The highest BCUT2D eigenvalue weighted by atomic mass is 32.1. The molecule has 41 heavy (non-hydrogen) atoms. The van der Waals surface area contributed by atoms with Gasteiger partial charge in [-0.2, -0.15) is 0 Å². The Balaban J connectivity index is 1.36. The van der Waals surface area contributed by atoms with E-state index in [1.807, 2.05) is 0 Å². The molecule has 0 fully saturated rings. The van der Waals surface area contributed by atoms with E-state index in [1.165, 1.54) is 36.9 Å². The Kier molecular flexibility index (Phi) is 9.79. The summed E-state index contributed by atoms with van der Waals surface area (Å²) in [4.78, 5) is 47.2. The molecular weight excluding hydrogens is 572 g/mol. The van der Waals surface area contributed by atoms with Gasteiger partial charge < -0.3 is 29.2 Å². The predicted molar refractivity (Wildman–Crippen MR) is 155 cm³/mol. The van der Waals surface area contributed by atoms with Gasteiger partial charge in [0.2, 0.25) is 0 Å². The molecule has 0 amide bonds. The molecule has 0 bridgehead atoms. The van der Waals surface area contributed by atoms with Crippen LogP contribution < -0.4 is 18.9 Å². The van der Waals surface area contributed by atoms with Gasteiger partial charge in [0, 0.05) is 40.8 Å². The third kappa shape index (κ3) is 7.53. The third-order valence-electron chi connectivity index (χ3n) is 6.09. The molecular formula is C29H28O10S2. The zero-order valence-corrected chi connectivity index (χ0v) is 24.0. The fraction of sp³-hybridized carbons (Fsp3) is 0.310. The van der Waals surface area contributed by atoms with Gasteiger partial charge in [0.05, 0.1) is 50.0 Å². The Morgan fingerprint density at radius 3 is 1.39 bits per heavy atom. The van der Waals surface area contributed by atoms with Crippen LogP contribution in [-0.4, -0.2) is 61.2 Å². The number of aliphatic carboxylic acids is 2. The van der Waals surface area contributed by atoms with Gasteiger partial charge in [-0.3, -0.25) is 19.2 Å². The molecule has 0 saturated carbocycles. The van der Waals surface area contributed by atoms with Crippen LogP contribution in [0.15, 0.2) is 36.4 Å². The van der Waals surface area contributed by atoms with Crippen molar-refractivity contribution in [1.82, 2.24) is 0 Å². The number of Topliss-reactive ketones (excluding diaryl/α,β-unsaturated/α-hetero) is 2. The highest BCUT2D eigenvalue weighted by Crippen LogP contribution is 2.38. The minimum absolute atomic E-state index is 0.0566. The third-order valence-corrected chi connectivity index (χ3v) is 8.37. The normalized spacial score (nSPS) is 11.0. The van der Waals surface area contributed by atoms with Crippen LogP contribution in [-0.2, 0) is 9.59 Å². The monoisotopic (exact) mass is 600 g/mol. The first kappa shape index (κ1) is 29.8. The molecule has 0 radical (unpaired) electrons. The number of rotatable bonds is 16. The van der Waals surface area contributed by atoms with Gasteiger partial charge in [0.25, 0.3) is 0 Å². The second-order valence-corrected chi connectivity index (χ2v) is 11.2. The summed E-state index contributed by atoms with van der Waals surface area (Å²) in [6.07, 6.45) is -0.00261. The summed E-state index contributed by atoms with van der Waals surface area (Å²) >= 11 is 2.56. The molecule has 4 rings (SSSR count). The highest BCUT2D eigenvalue weighted by molar-refractivity contribution is 7.21. The van der Waals surface area contributed by atoms with E-state index in [0.29, 0.717) is 52.4 Å². The molecule has 4 aromatic rings. The van der Waals surface area contributed by atoms with Gasteiger partial charge in [-0.15, -0.1) is 22.7 Å². The fourth-order valence-corrected chi connectivity index (χ4v) is 6.11. The van der Waals surface area contributed by atoms with E-state index in [2.05, 4.69) is 0 Å². The first-order chi connectivity index (χ1) is 19.7. The summed E-state index contributed by atoms with van der Waals surface area (Å²) in [5.74, 6) is -0.399. The van der Waals surface area contributed by atoms with Crippen LogP contribution in [0.25, 0.3) is 20.2 Å². The molecule has 0 spiro atoms. The lowest BCUT2D eigenvalue weighted by Gasteiger charge is -2.13. The van der Waals surface area contributed by atoms with Crippen molar-refractivity contribution in [3.05, 3.63) is 46.2 Å². The van der Waals surface area contributed by atoms with Crippen LogP contribution in [0, 0.1) is 0 Å². The maximum atomic E-state index is 12.3. The van der Waals surface area contributed by atoms with Gasteiger partial charge in [-0.25, -0.2) is 0 Å². The molecule has 10 nitrogen and oxygen atoms in total. The van der Waals surface area contributed by atoms with Gasteiger partial charge >= 0.3 is 11.9 Å². The Hall–Kier alpha value is -4.16. The SMILES string of the molecule is COc1cc2cc(C(=O)CCC(=O)O)sc2cc1OCCCOc1cc2sc(C(=O)CCC(=O)O)cc2cc1OC. The summed E-state index contributed by atoms with van der Waals surface area (Å²) in [6.45, 7) is 0.646. The zero-order chi connectivity index (χ0) is 29.5. The Bertz CT molecular complexity index is 1480. The number of carboxylic acid groups (broad SMARTS) is 2. The average molecular weight is 601 g/mol. The number of ether oxygens (including phenoxy) is 4. The molecule has 2 heterocycles. The van der Waals surface area contributed by atoms with E-state index in [1.54, 1.807) is 36.4 Å². The van der Waals surface area contributed by atoms with Crippen LogP contribution in [0.4, 0.5) is 0 Å². The van der Waals surface area contributed by atoms with Crippen LogP contribution in [0.1, 0.15) is 51.4 Å². The van der Waals surface area contributed by atoms with Gasteiger partial charge in [-0.1, -0.05) is 0 Å². The number of carbonyl (C=O) groups excluding carboxylic acids is 2. The van der Waals surface area contributed by atoms with Crippen molar-refractivity contribution in [2.75, 3.05) is 27.4 Å². The van der Waals surface area contributed by atoms with Crippen molar-refractivity contribution in [2.24, 2.45) is 0 Å². The van der Waals surface area contributed by atoms with Gasteiger partial charge in [0.1, 0.15) is 0 Å². The predicted octanol–water partition coefficient (Wildman–Crippen LogP) is 6.08. The van der Waals surface area contributed by atoms with Gasteiger partial charge in [0.15, 0.2) is 34.6 Å². The first-order valence-corrected chi connectivity index (χ1v) is 14.3. The van der Waals surface area contributed by atoms with Crippen LogP contribution in [0.5, 0.6) is 23.0 Å². The number of benzene rings is 2. The van der Waals surface area contributed by atoms with Crippen LogP contribution in [0.3, 0.4) is 0 Å². The molecule has 2 aromatic heterocycles. The number of fused-ring (bicyclic) bond motifs is 2. The number of hydrogen-bond donors (Lipinski definition) is 2. The second kappa shape index (κ2) is 13.5. The first-order valence-electron chi connectivity index (χ1n) is 12.7. The van der Waals surface area contributed by atoms with Gasteiger partial charge in [-0.05, 0) is 35.0 Å². The largest absolute Gasteiger partial charge is 0.493 e. The van der Waals surface area contributed by atoms with Crippen molar-refractivity contribution in [3.8, 4) is 23.0 Å². The molecule has 0 aliphatic rings. The fourth-order valence-electron chi connectivity index (χ4n) is 4.02. The molecule has 0 saturated heterocycles. The van der Waals surface area contributed by atoms with Crippen molar-refractivity contribution in [3.63, 3.8) is 0 Å². The molecule has 0 atom stereocenters. The Morgan fingerprint density at radius 1 is 0.610 bits per heavy atom. The van der Waals surface area contributed by atoms with E-state index in [9.17, 15) is 19.2 Å². The summed E-state index contributed by atoms with van der Waals surface area (Å²) in [6, 6.07) is 10.6. The lowest BCUT2D eigenvalue weighted by atomic mass is 10.1. The maximum Gasteiger partial charge on any atom is 0.303 e. The van der Waals surface area contributed by atoms with Crippen molar-refractivity contribution >= 4 is 66.4 Å². The number of hydrogen-bond acceptors (Lipinski definition) is 10. The summed E-state index contributed by atoms with van der Waals surface area (Å²) in [5.41, 5.74) is 0. The van der Waals surface area contributed by atoms with E-state index in [-0.39, 0.29) is 37.2 Å². The summed E-state index contributed by atoms with van der Waals surface area (Å²) in [5, 5.41) is 19.3. The van der Waals surface area contributed by atoms with Crippen molar-refractivity contribution in [1.29, 1.82) is 0 Å². The minimum atomic E-state index is -1.01. The summed E-state index contributed by atoms with van der Waals surface area (Å²) < 4.78 is 24.5. The quantitative estimate of drug-likeness (QED) is 0.115. The van der Waals surface area contributed by atoms with Crippen molar-refractivity contribution in [2.45, 2.75) is 32.1 Å². The molecule has 0 aliphatic heterocycles. The molecule has 12 heteroatoms. The highest BCUT2D eigenvalue weighted by Gasteiger charge is 2.17. The molecule has 0 aliphatic carbocycles. The standard InChI is InChI=1S/C29H28O10S2/c1-36-20-10-16-12-26(18(30)4-6-28(32)33)40-24(16)14-22(20)38-8-3-9-39-23-15-25-17(11-21(23)37-2)13-27(41-25)19(31)5-7-29(34)35/h10-15H,3-9H2,1-2H3,(H,32,33)(H,34,35). The molecule has 2 N–H and O–H groups in total. The van der Waals surface area contributed by atoms with E-state index < -0.39 is 11.9 Å². The Morgan fingerprint density at radius 2 is 1.02 bits per heavy atom. The molecule has 0 unspecified atom stereocenters. The number of carboxylic acids is 2. The second-order valence-electron chi connectivity index (χ2n) is 8.99. The van der Waals surface area contributed by atoms with E-state index in [0.717, 1.165) is 20.2 Å². The van der Waals surface area contributed by atoms with Crippen LogP contribution >= 0.6 is 22.7 Å². The number of carbonyl (C=O) groups is 4. The number of methoxy groups -OCH3 is 2. The summed E-state index contributed by atoms with van der Waals surface area (Å²) in [7, 11) is 3.06. The number of thiophene rings is 2. The average Bonchev–Trinajstić information content (AvgIpc) is 3.56. The van der Waals surface area contributed by atoms with E-state index in [4.69, 9.17) is 29.2 Å². The van der Waals surface area contributed by atoms with Crippen LogP contribution in [0.2, 0.25) is 0 Å². The molecule has 216 valence electrons. The maximum absolute atomic E-state index is 12.3.